The summed E-state index contributed by atoms with van der Waals surface area (Å²) in [5.41, 5.74) is 1.42. The van der Waals surface area contributed by atoms with Gasteiger partial charge in [0.1, 0.15) is 6.04 Å². The molecule has 26 heavy (non-hydrogen) atoms. The van der Waals surface area contributed by atoms with Crippen LogP contribution in [0.25, 0.3) is 10.8 Å². The first kappa shape index (κ1) is 16.6. The van der Waals surface area contributed by atoms with Gasteiger partial charge in [-0.25, -0.2) is 8.42 Å². The largest absolute Gasteiger partial charge is 0.357 e. The Morgan fingerprint density at radius 2 is 1.69 bits per heavy atom. The Bertz CT molecular complexity index is 1110. The van der Waals surface area contributed by atoms with Crippen molar-refractivity contribution in [2.75, 3.05) is 11.4 Å². The lowest BCUT2D eigenvalue weighted by Crippen LogP contribution is -2.47. The molecule has 0 bridgehead atoms. The number of anilines is 1. The highest BCUT2D eigenvalue weighted by Gasteiger charge is 2.41. The number of carbonyl (C=O) groups is 1. The lowest BCUT2D eigenvalue weighted by molar-refractivity contribution is -0.121. The van der Waals surface area contributed by atoms with Crippen molar-refractivity contribution in [3.63, 3.8) is 0 Å². The Kier molecular flexibility index (Phi) is 3.92. The smallest absolute Gasteiger partial charge is 0.265 e. The van der Waals surface area contributed by atoms with Gasteiger partial charge in [0.05, 0.1) is 10.6 Å². The summed E-state index contributed by atoms with van der Waals surface area (Å²) in [7, 11) is -2.36. The summed E-state index contributed by atoms with van der Waals surface area (Å²) < 4.78 is 28.1. The van der Waals surface area contributed by atoms with Crippen LogP contribution >= 0.6 is 0 Å². The van der Waals surface area contributed by atoms with E-state index in [1.54, 1.807) is 30.3 Å². The molecule has 1 N–H and O–H groups in total. The second-order valence-electron chi connectivity index (χ2n) is 6.27. The van der Waals surface area contributed by atoms with Gasteiger partial charge >= 0.3 is 0 Å². The standard InChI is InChI=1S/C20H18N2O3S/c1-21-20(23)19-13-16-8-4-5-9-18(16)22(19)26(24,25)17-11-10-14-6-2-3-7-15(14)12-17/h2-12,19H,13H2,1H3,(H,21,23)/t19-/m0/s1. The highest BCUT2D eigenvalue weighted by molar-refractivity contribution is 7.93. The SMILES string of the molecule is CNC(=O)[C@@H]1Cc2ccccc2N1S(=O)(=O)c1ccc2ccccc2c1. The highest BCUT2D eigenvalue weighted by Crippen LogP contribution is 2.37. The Morgan fingerprint density at radius 1 is 1.00 bits per heavy atom. The molecule has 3 aromatic rings. The monoisotopic (exact) mass is 366 g/mol. The summed E-state index contributed by atoms with van der Waals surface area (Å²) in [6.07, 6.45) is 0.364. The maximum Gasteiger partial charge on any atom is 0.265 e. The quantitative estimate of drug-likeness (QED) is 0.775. The first-order valence-electron chi connectivity index (χ1n) is 8.35. The third-order valence-electron chi connectivity index (χ3n) is 4.75. The van der Waals surface area contributed by atoms with E-state index in [1.807, 2.05) is 36.4 Å². The number of sulfonamides is 1. The predicted octanol–water partition coefficient (Wildman–Crippen LogP) is 2.71. The van der Waals surface area contributed by atoms with Crippen molar-refractivity contribution in [3.8, 4) is 0 Å². The molecule has 0 saturated heterocycles. The lowest BCUT2D eigenvalue weighted by Gasteiger charge is -2.26. The summed E-state index contributed by atoms with van der Waals surface area (Å²) in [6, 6.07) is 19.1. The van der Waals surface area contributed by atoms with Crippen LogP contribution in [0.5, 0.6) is 0 Å². The topological polar surface area (TPSA) is 66.5 Å². The number of fused-ring (bicyclic) bond motifs is 2. The minimum atomic E-state index is -3.88. The Balaban J connectivity index is 1.87. The van der Waals surface area contributed by atoms with Crippen LogP contribution in [0.15, 0.2) is 71.6 Å². The number of para-hydroxylation sites is 1. The molecule has 0 radical (unpaired) electrons. The van der Waals surface area contributed by atoms with Crippen molar-refractivity contribution in [2.24, 2.45) is 0 Å². The minimum absolute atomic E-state index is 0.182. The number of nitrogens with one attached hydrogen (secondary N) is 1. The molecule has 0 unspecified atom stereocenters. The van der Waals surface area contributed by atoms with Gasteiger partial charge < -0.3 is 5.32 Å². The molecule has 1 amide bonds. The molecule has 0 fully saturated rings. The molecule has 5 nitrogen and oxygen atoms in total. The molecule has 1 aliphatic rings. The van der Waals surface area contributed by atoms with Crippen LogP contribution < -0.4 is 9.62 Å². The van der Waals surface area contributed by atoms with E-state index in [0.717, 1.165) is 16.3 Å². The van der Waals surface area contributed by atoms with Crippen molar-refractivity contribution in [1.29, 1.82) is 0 Å². The van der Waals surface area contributed by atoms with Gasteiger partial charge in [0.25, 0.3) is 10.0 Å². The van der Waals surface area contributed by atoms with Gasteiger partial charge in [-0.05, 0) is 34.5 Å². The molecular formula is C20H18N2O3S. The van der Waals surface area contributed by atoms with Gasteiger partial charge in [-0.15, -0.1) is 0 Å². The van der Waals surface area contributed by atoms with E-state index >= 15 is 0 Å². The van der Waals surface area contributed by atoms with E-state index in [4.69, 9.17) is 0 Å². The molecule has 0 spiro atoms. The highest BCUT2D eigenvalue weighted by atomic mass is 32.2. The van der Waals surface area contributed by atoms with Gasteiger partial charge in [0.15, 0.2) is 0 Å². The van der Waals surface area contributed by atoms with E-state index in [1.165, 1.54) is 11.4 Å². The van der Waals surface area contributed by atoms with Crippen molar-refractivity contribution in [3.05, 3.63) is 72.3 Å². The van der Waals surface area contributed by atoms with Crippen LogP contribution in [-0.4, -0.2) is 27.4 Å². The summed E-state index contributed by atoms with van der Waals surface area (Å²) >= 11 is 0. The third kappa shape index (κ3) is 2.54. The Labute approximate surface area is 152 Å². The maximum absolute atomic E-state index is 13.4. The van der Waals surface area contributed by atoms with Gasteiger partial charge in [-0.2, -0.15) is 0 Å². The van der Waals surface area contributed by atoms with Crippen molar-refractivity contribution in [2.45, 2.75) is 17.4 Å². The fraction of sp³-hybridized carbons (Fsp3) is 0.150. The first-order valence-corrected chi connectivity index (χ1v) is 9.79. The molecule has 1 heterocycles. The van der Waals surface area contributed by atoms with Crippen LogP contribution in [0.2, 0.25) is 0 Å². The zero-order valence-electron chi connectivity index (χ0n) is 14.2. The fourth-order valence-corrected chi connectivity index (χ4v) is 5.15. The number of hydrogen-bond donors (Lipinski definition) is 1. The number of nitrogens with zero attached hydrogens (tertiary/aromatic N) is 1. The third-order valence-corrected chi connectivity index (χ3v) is 6.57. The zero-order valence-corrected chi connectivity index (χ0v) is 15.0. The fourth-order valence-electron chi connectivity index (χ4n) is 3.46. The van der Waals surface area contributed by atoms with E-state index in [0.29, 0.717) is 12.1 Å². The molecule has 4 rings (SSSR count). The van der Waals surface area contributed by atoms with E-state index in [-0.39, 0.29) is 10.8 Å². The summed E-state index contributed by atoms with van der Waals surface area (Å²) in [4.78, 5) is 12.5. The Hall–Kier alpha value is -2.86. The van der Waals surface area contributed by atoms with Gasteiger partial charge in [-0.1, -0.05) is 48.5 Å². The maximum atomic E-state index is 13.4. The number of likely N-dealkylation sites (N-methyl/N-ethyl adjacent to an activating group) is 1. The van der Waals surface area contributed by atoms with Crippen molar-refractivity contribution >= 4 is 32.4 Å². The number of hydrogen-bond acceptors (Lipinski definition) is 3. The van der Waals surface area contributed by atoms with Gasteiger partial charge in [0.2, 0.25) is 5.91 Å². The Morgan fingerprint density at radius 3 is 2.46 bits per heavy atom. The average Bonchev–Trinajstić information content (AvgIpc) is 3.07. The van der Waals surface area contributed by atoms with Crippen LogP contribution in [0, 0.1) is 0 Å². The van der Waals surface area contributed by atoms with Crippen LogP contribution in [0.1, 0.15) is 5.56 Å². The zero-order chi connectivity index (χ0) is 18.3. The molecule has 6 heteroatoms. The molecule has 0 aliphatic carbocycles. The molecule has 0 aromatic heterocycles. The van der Waals surface area contributed by atoms with Gasteiger partial charge in [-0.3, -0.25) is 9.10 Å². The number of benzene rings is 3. The summed E-state index contributed by atoms with van der Waals surface area (Å²) in [5, 5.41) is 4.39. The van der Waals surface area contributed by atoms with Crippen molar-refractivity contribution < 1.29 is 13.2 Å². The number of amides is 1. The summed E-state index contributed by atoms with van der Waals surface area (Å²) in [6.45, 7) is 0. The molecule has 1 aliphatic heterocycles. The molecule has 132 valence electrons. The predicted molar refractivity (Wildman–Crippen MR) is 102 cm³/mol. The minimum Gasteiger partial charge on any atom is -0.357 e. The average molecular weight is 366 g/mol. The van der Waals surface area contributed by atoms with E-state index in [9.17, 15) is 13.2 Å². The second kappa shape index (κ2) is 6.14. The number of rotatable bonds is 3. The number of carbonyl (C=O) groups excluding carboxylic acids is 1. The molecule has 1 atom stereocenters. The van der Waals surface area contributed by atoms with Crippen LogP contribution in [0.3, 0.4) is 0 Å². The van der Waals surface area contributed by atoms with Crippen LogP contribution in [-0.2, 0) is 21.2 Å². The normalized spacial score (nSPS) is 16.5. The van der Waals surface area contributed by atoms with Gasteiger partial charge in [0, 0.05) is 13.5 Å². The molecule has 3 aromatic carbocycles. The second-order valence-corrected chi connectivity index (χ2v) is 8.09. The molecular weight excluding hydrogens is 348 g/mol. The lowest BCUT2D eigenvalue weighted by atomic mass is 10.1. The van der Waals surface area contributed by atoms with Crippen LogP contribution in [0.4, 0.5) is 5.69 Å². The summed E-state index contributed by atoms with van der Waals surface area (Å²) in [5.74, 6) is -0.314. The van der Waals surface area contributed by atoms with E-state index in [2.05, 4.69) is 5.32 Å². The van der Waals surface area contributed by atoms with Crippen molar-refractivity contribution in [1.82, 2.24) is 5.32 Å². The van der Waals surface area contributed by atoms with E-state index < -0.39 is 16.1 Å². The first-order chi connectivity index (χ1) is 12.5. The molecule has 0 saturated carbocycles.